The first kappa shape index (κ1) is 15.2. The van der Waals surface area contributed by atoms with Gasteiger partial charge in [-0.25, -0.2) is 0 Å². The molecule has 1 aromatic carbocycles. The fourth-order valence-electron chi connectivity index (χ4n) is 1.93. The van der Waals surface area contributed by atoms with E-state index in [4.69, 9.17) is 13.7 Å². The Labute approximate surface area is 133 Å². The standard InChI is InChI=1S/C16H18N4O3/c1-10(13-18-15(20-23-13)16(2,3)4)22-12-7-5-11(6-8-12)14-19-17-9-21-14/h5-10H,1-4H3/t10-/m0/s1. The zero-order chi connectivity index (χ0) is 16.4. The number of hydrogen-bond acceptors (Lipinski definition) is 7. The molecule has 0 saturated carbocycles. The SMILES string of the molecule is C[C@H](Oc1ccc(-c2nnco2)cc1)c1nc(C(C)(C)C)no1. The van der Waals surface area contributed by atoms with Crippen LogP contribution in [0.1, 0.15) is 45.5 Å². The minimum absolute atomic E-state index is 0.160. The Morgan fingerprint density at radius 2 is 1.87 bits per heavy atom. The minimum Gasteiger partial charge on any atom is -0.481 e. The molecule has 0 N–H and O–H groups in total. The summed E-state index contributed by atoms with van der Waals surface area (Å²) in [4.78, 5) is 4.40. The summed E-state index contributed by atoms with van der Waals surface area (Å²) in [5.41, 5.74) is 0.669. The van der Waals surface area contributed by atoms with Crippen molar-refractivity contribution in [1.29, 1.82) is 0 Å². The molecule has 0 spiro atoms. The second-order valence-corrected chi connectivity index (χ2v) is 6.23. The molecule has 0 bridgehead atoms. The molecule has 0 aliphatic carbocycles. The van der Waals surface area contributed by atoms with Crippen molar-refractivity contribution in [2.24, 2.45) is 0 Å². The largest absolute Gasteiger partial charge is 0.481 e. The van der Waals surface area contributed by atoms with Gasteiger partial charge in [-0.1, -0.05) is 25.9 Å². The summed E-state index contributed by atoms with van der Waals surface area (Å²) < 4.78 is 16.3. The lowest BCUT2D eigenvalue weighted by molar-refractivity contribution is 0.175. The summed E-state index contributed by atoms with van der Waals surface area (Å²) in [6.07, 6.45) is 0.956. The van der Waals surface area contributed by atoms with Crippen LogP contribution in [-0.2, 0) is 5.41 Å². The smallest absolute Gasteiger partial charge is 0.267 e. The molecule has 0 aliphatic heterocycles. The molecule has 7 heteroatoms. The molecule has 1 atom stereocenters. The predicted octanol–water partition coefficient (Wildman–Crippen LogP) is 3.56. The molecule has 0 fully saturated rings. The first-order valence-corrected chi connectivity index (χ1v) is 7.31. The Bertz CT molecular complexity index is 757. The maximum atomic E-state index is 5.84. The van der Waals surface area contributed by atoms with Crippen LogP contribution in [0, 0.1) is 0 Å². The van der Waals surface area contributed by atoms with Crippen molar-refractivity contribution in [2.45, 2.75) is 39.2 Å². The summed E-state index contributed by atoms with van der Waals surface area (Å²) >= 11 is 0. The summed E-state index contributed by atoms with van der Waals surface area (Å²) in [5, 5.41) is 11.5. The predicted molar refractivity (Wildman–Crippen MR) is 81.8 cm³/mol. The van der Waals surface area contributed by atoms with Crippen molar-refractivity contribution >= 4 is 0 Å². The van der Waals surface area contributed by atoms with Crippen molar-refractivity contribution in [3.05, 3.63) is 42.4 Å². The van der Waals surface area contributed by atoms with Gasteiger partial charge in [-0.05, 0) is 31.2 Å². The summed E-state index contributed by atoms with van der Waals surface area (Å²) in [5.74, 6) is 2.28. The molecule has 7 nitrogen and oxygen atoms in total. The molecule has 0 aliphatic rings. The van der Waals surface area contributed by atoms with Gasteiger partial charge in [0.15, 0.2) is 11.9 Å². The third kappa shape index (κ3) is 3.39. The van der Waals surface area contributed by atoms with E-state index in [-0.39, 0.29) is 11.5 Å². The van der Waals surface area contributed by atoms with Gasteiger partial charge in [-0.2, -0.15) is 4.98 Å². The summed E-state index contributed by atoms with van der Waals surface area (Å²) in [6, 6.07) is 7.36. The molecular weight excluding hydrogens is 296 g/mol. The molecule has 0 radical (unpaired) electrons. The van der Waals surface area contributed by atoms with Crippen molar-refractivity contribution in [2.75, 3.05) is 0 Å². The molecule has 0 unspecified atom stereocenters. The van der Waals surface area contributed by atoms with Crippen LogP contribution in [0.15, 0.2) is 39.6 Å². The van der Waals surface area contributed by atoms with Crippen LogP contribution in [0.3, 0.4) is 0 Å². The molecule has 2 heterocycles. The maximum absolute atomic E-state index is 5.84. The van der Waals surface area contributed by atoms with Crippen molar-refractivity contribution in [3.63, 3.8) is 0 Å². The lowest BCUT2D eigenvalue weighted by Crippen LogP contribution is -2.13. The molecular formula is C16H18N4O3. The third-order valence-electron chi connectivity index (χ3n) is 3.23. The van der Waals surface area contributed by atoms with E-state index in [1.807, 2.05) is 52.0 Å². The zero-order valence-electron chi connectivity index (χ0n) is 13.5. The molecule has 3 aromatic rings. The van der Waals surface area contributed by atoms with E-state index in [2.05, 4.69) is 20.3 Å². The van der Waals surface area contributed by atoms with Crippen LogP contribution in [-0.4, -0.2) is 20.3 Å². The van der Waals surface area contributed by atoms with Crippen molar-refractivity contribution in [3.8, 4) is 17.2 Å². The van der Waals surface area contributed by atoms with Crippen LogP contribution < -0.4 is 4.74 Å². The highest BCUT2D eigenvalue weighted by Crippen LogP contribution is 2.26. The number of aromatic nitrogens is 4. The molecule has 0 amide bonds. The summed E-state index contributed by atoms with van der Waals surface area (Å²) in [7, 11) is 0. The van der Waals surface area contributed by atoms with Gasteiger partial charge >= 0.3 is 0 Å². The molecule has 0 saturated heterocycles. The van der Waals surface area contributed by atoms with E-state index in [1.54, 1.807) is 0 Å². The van der Waals surface area contributed by atoms with E-state index < -0.39 is 0 Å². The Balaban J connectivity index is 1.70. The second-order valence-electron chi connectivity index (χ2n) is 6.23. The highest BCUT2D eigenvalue weighted by molar-refractivity contribution is 5.53. The third-order valence-corrected chi connectivity index (χ3v) is 3.23. The van der Waals surface area contributed by atoms with Gasteiger partial charge in [0, 0.05) is 11.0 Å². The quantitative estimate of drug-likeness (QED) is 0.727. The molecule has 2 aromatic heterocycles. The lowest BCUT2D eigenvalue weighted by atomic mass is 9.96. The van der Waals surface area contributed by atoms with E-state index in [0.29, 0.717) is 23.4 Å². The number of benzene rings is 1. The van der Waals surface area contributed by atoms with Gasteiger partial charge in [0.05, 0.1) is 0 Å². The van der Waals surface area contributed by atoms with E-state index in [1.165, 1.54) is 6.39 Å². The Hall–Kier alpha value is -2.70. The minimum atomic E-state index is -0.340. The van der Waals surface area contributed by atoms with Crippen molar-refractivity contribution in [1.82, 2.24) is 20.3 Å². The number of rotatable bonds is 4. The normalized spacial score (nSPS) is 13.0. The number of ether oxygens (including phenoxy) is 1. The summed E-state index contributed by atoms with van der Waals surface area (Å²) in [6.45, 7) is 7.96. The van der Waals surface area contributed by atoms with E-state index in [0.717, 1.165) is 5.56 Å². The number of hydrogen-bond donors (Lipinski definition) is 0. The van der Waals surface area contributed by atoms with Gasteiger partial charge in [0.1, 0.15) is 5.75 Å². The first-order chi connectivity index (χ1) is 10.9. The van der Waals surface area contributed by atoms with Crippen LogP contribution >= 0.6 is 0 Å². The Morgan fingerprint density at radius 1 is 1.13 bits per heavy atom. The van der Waals surface area contributed by atoms with Crippen LogP contribution in [0.25, 0.3) is 11.5 Å². The molecule has 120 valence electrons. The molecule has 23 heavy (non-hydrogen) atoms. The maximum Gasteiger partial charge on any atom is 0.267 e. The van der Waals surface area contributed by atoms with Gasteiger partial charge in [0.25, 0.3) is 5.89 Å². The average Bonchev–Trinajstić information content (AvgIpc) is 3.19. The van der Waals surface area contributed by atoms with E-state index in [9.17, 15) is 0 Å². The van der Waals surface area contributed by atoms with Crippen LogP contribution in [0.2, 0.25) is 0 Å². The first-order valence-electron chi connectivity index (χ1n) is 7.31. The average molecular weight is 314 g/mol. The monoisotopic (exact) mass is 314 g/mol. The van der Waals surface area contributed by atoms with E-state index >= 15 is 0 Å². The Kier molecular flexibility index (Phi) is 3.85. The van der Waals surface area contributed by atoms with Gasteiger partial charge < -0.3 is 13.7 Å². The van der Waals surface area contributed by atoms with Crippen molar-refractivity contribution < 1.29 is 13.7 Å². The van der Waals surface area contributed by atoms with Gasteiger partial charge in [0.2, 0.25) is 12.3 Å². The Morgan fingerprint density at radius 3 is 2.43 bits per heavy atom. The van der Waals surface area contributed by atoms with Crippen LogP contribution in [0.4, 0.5) is 0 Å². The zero-order valence-corrected chi connectivity index (χ0v) is 13.5. The second kappa shape index (κ2) is 5.83. The van der Waals surface area contributed by atoms with Gasteiger partial charge in [-0.15, -0.1) is 10.2 Å². The highest BCUT2D eigenvalue weighted by Gasteiger charge is 2.23. The highest BCUT2D eigenvalue weighted by atomic mass is 16.5. The number of nitrogens with zero attached hydrogens (tertiary/aromatic N) is 4. The topological polar surface area (TPSA) is 87.1 Å². The van der Waals surface area contributed by atoms with Gasteiger partial charge in [-0.3, -0.25) is 0 Å². The fourth-order valence-corrected chi connectivity index (χ4v) is 1.93. The van der Waals surface area contributed by atoms with Crippen LogP contribution in [0.5, 0.6) is 5.75 Å². The fraction of sp³-hybridized carbons (Fsp3) is 0.375. The molecule has 3 rings (SSSR count). The lowest BCUT2D eigenvalue weighted by Gasteiger charge is -2.12.